The molecule has 0 amide bonds. The molecule has 2 aromatic rings. The molecule has 2 rings (SSSR count). The van der Waals surface area contributed by atoms with Gasteiger partial charge in [-0.2, -0.15) is 0 Å². The predicted molar refractivity (Wildman–Crippen MR) is 123 cm³/mol. The largest absolute Gasteiger partial charge is 0.493 e. The fourth-order valence-corrected chi connectivity index (χ4v) is 5.76. The number of hydrogen-bond acceptors (Lipinski definition) is 7. The maximum atomic E-state index is 13.3. The minimum Gasteiger partial charge on any atom is -0.493 e. The van der Waals surface area contributed by atoms with E-state index in [0.717, 1.165) is 11.1 Å². The molecule has 2 N–H and O–H groups in total. The Morgan fingerprint density at radius 2 is 1.65 bits per heavy atom. The van der Waals surface area contributed by atoms with Crippen LogP contribution in [0.3, 0.4) is 0 Å². The van der Waals surface area contributed by atoms with Gasteiger partial charge in [0.15, 0.2) is 11.5 Å². The van der Waals surface area contributed by atoms with E-state index in [4.69, 9.17) is 18.7 Å². The van der Waals surface area contributed by atoms with Crippen molar-refractivity contribution in [2.75, 3.05) is 40.6 Å². The lowest BCUT2D eigenvalue weighted by atomic mass is 10.1. The first-order chi connectivity index (χ1) is 14.9. The molecule has 0 bridgehead atoms. The van der Waals surface area contributed by atoms with Crippen molar-refractivity contribution in [2.45, 2.75) is 32.2 Å². The number of nitrogens with one attached hydrogen (secondary N) is 1. The van der Waals surface area contributed by atoms with E-state index in [1.165, 1.54) is 0 Å². The molecule has 3 atom stereocenters. The third kappa shape index (κ3) is 7.25. The molecule has 0 aliphatic heterocycles. The molecule has 0 radical (unpaired) electrons. The molecule has 0 saturated heterocycles. The normalized spacial score (nSPS) is 15.0. The highest BCUT2D eigenvalue weighted by atomic mass is 31.2. The van der Waals surface area contributed by atoms with Crippen LogP contribution >= 0.6 is 7.37 Å². The van der Waals surface area contributed by atoms with Crippen molar-refractivity contribution in [2.24, 2.45) is 0 Å². The van der Waals surface area contributed by atoms with Crippen LogP contribution < -0.4 is 19.5 Å². The lowest BCUT2D eigenvalue weighted by Crippen LogP contribution is -2.31. The summed E-state index contributed by atoms with van der Waals surface area (Å²) in [5.74, 6) is 1.66. The smallest absolute Gasteiger partial charge is 0.210 e. The highest BCUT2D eigenvalue weighted by Gasteiger charge is 2.27. The average Bonchev–Trinajstić information content (AvgIpc) is 2.76. The van der Waals surface area contributed by atoms with Crippen LogP contribution in [0.4, 0.5) is 0 Å². The van der Waals surface area contributed by atoms with Gasteiger partial charge in [-0.3, -0.25) is 4.57 Å². The van der Waals surface area contributed by atoms with Gasteiger partial charge in [0.05, 0.1) is 40.2 Å². The summed E-state index contributed by atoms with van der Waals surface area (Å²) in [4.78, 5) is 0. The van der Waals surface area contributed by atoms with E-state index in [0.29, 0.717) is 30.0 Å². The van der Waals surface area contributed by atoms with Crippen molar-refractivity contribution in [3.8, 4) is 17.2 Å². The summed E-state index contributed by atoms with van der Waals surface area (Å²) in [6.45, 7) is 4.39. The second-order valence-electron chi connectivity index (χ2n) is 7.30. The molecule has 2 aromatic carbocycles. The minimum atomic E-state index is -3.01. The van der Waals surface area contributed by atoms with Crippen LogP contribution in [0, 0.1) is 0 Å². The van der Waals surface area contributed by atoms with E-state index in [1.54, 1.807) is 21.3 Å². The number of benzene rings is 2. The van der Waals surface area contributed by atoms with Gasteiger partial charge in [-0.25, -0.2) is 0 Å². The Morgan fingerprint density at radius 3 is 2.16 bits per heavy atom. The van der Waals surface area contributed by atoms with E-state index < -0.39 is 13.5 Å². The number of aliphatic hydroxyl groups excluding tert-OH is 1. The van der Waals surface area contributed by atoms with Gasteiger partial charge >= 0.3 is 0 Å². The third-order valence-corrected chi connectivity index (χ3v) is 7.52. The van der Waals surface area contributed by atoms with Crippen LogP contribution in [0.2, 0.25) is 0 Å². The monoisotopic (exact) mass is 451 g/mol. The highest BCUT2D eigenvalue weighted by Crippen LogP contribution is 2.50. The first-order valence-corrected chi connectivity index (χ1v) is 12.3. The second kappa shape index (κ2) is 12.1. The Bertz CT molecular complexity index is 835. The van der Waals surface area contributed by atoms with Crippen molar-refractivity contribution in [3.05, 3.63) is 53.6 Å². The van der Waals surface area contributed by atoms with Crippen LogP contribution in [-0.2, 0) is 15.3 Å². The Labute approximate surface area is 185 Å². The van der Waals surface area contributed by atoms with E-state index in [9.17, 15) is 9.67 Å². The molecule has 0 aliphatic carbocycles. The Morgan fingerprint density at radius 1 is 1.03 bits per heavy atom. The quantitative estimate of drug-likeness (QED) is 0.441. The number of aliphatic hydroxyl groups is 1. The van der Waals surface area contributed by atoms with E-state index in [-0.39, 0.29) is 18.7 Å². The number of methoxy groups -OCH3 is 3. The van der Waals surface area contributed by atoms with Crippen molar-refractivity contribution in [1.82, 2.24) is 5.32 Å². The maximum Gasteiger partial charge on any atom is 0.210 e. The zero-order valence-electron chi connectivity index (χ0n) is 19.0. The molecule has 0 aromatic heterocycles. The first kappa shape index (κ1) is 25.2. The van der Waals surface area contributed by atoms with E-state index in [1.807, 2.05) is 56.3 Å². The summed E-state index contributed by atoms with van der Waals surface area (Å²) in [5.41, 5.74) is 1.85. The Balaban J connectivity index is 2.03. The Hall–Kier alpha value is -2.05. The van der Waals surface area contributed by atoms with Crippen LogP contribution in [0.5, 0.6) is 17.2 Å². The highest BCUT2D eigenvalue weighted by molar-refractivity contribution is 7.58. The van der Waals surface area contributed by atoms with Gasteiger partial charge in [-0.1, -0.05) is 30.3 Å². The van der Waals surface area contributed by atoms with Crippen LogP contribution in [0.25, 0.3) is 0 Å². The molecule has 0 heterocycles. The molecule has 31 heavy (non-hydrogen) atoms. The summed E-state index contributed by atoms with van der Waals surface area (Å²) in [6, 6.07) is 13.2. The topological polar surface area (TPSA) is 86.3 Å². The van der Waals surface area contributed by atoms with E-state index in [2.05, 4.69) is 5.32 Å². The van der Waals surface area contributed by atoms with Crippen molar-refractivity contribution < 1.29 is 28.4 Å². The van der Waals surface area contributed by atoms with Gasteiger partial charge in [-0.05, 0) is 37.1 Å². The van der Waals surface area contributed by atoms with Crippen LogP contribution in [0.15, 0.2) is 42.5 Å². The molecule has 8 heteroatoms. The van der Waals surface area contributed by atoms with Crippen molar-refractivity contribution in [3.63, 3.8) is 0 Å². The second-order valence-corrected chi connectivity index (χ2v) is 9.87. The number of rotatable bonds is 13. The molecule has 0 spiro atoms. The summed E-state index contributed by atoms with van der Waals surface area (Å²) >= 11 is 0. The molecular weight excluding hydrogens is 417 g/mol. The van der Waals surface area contributed by atoms with Gasteiger partial charge in [-0.15, -0.1) is 0 Å². The summed E-state index contributed by atoms with van der Waals surface area (Å²) in [5, 5.41) is 13.9. The Kier molecular flexibility index (Phi) is 9.85. The molecule has 3 unspecified atom stereocenters. The SMILES string of the molecule is CCOP(=O)(Cc1ccccc1)CC(O)CNC(C)c1cc(OC)c(OC)c(OC)c1. The molecule has 172 valence electrons. The minimum absolute atomic E-state index is 0.0880. The van der Waals surface area contributed by atoms with Crippen molar-refractivity contribution >= 4 is 7.37 Å². The van der Waals surface area contributed by atoms with Gasteiger partial charge in [0, 0.05) is 18.7 Å². The summed E-state index contributed by atoms with van der Waals surface area (Å²) in [6.07, 6.45) is -0.420. The van der Waals surface area contributed by atoms with Gasteiger partial charge in [0.2, 0.25) is 13.1 Å². The fraction of sp³-hybridized carbons (Fsp3) is 0.478. The maximum absolute atomic E-state index is 13.3. The average molecular weight is 452 g/mol. The lowest BCUT2D eigenvalue weighted by Gasteiger charge is -2.23. The molecule has 0 saturated carbocycles. The summed E-state index contributed by atoms with van der Waals surface area (Å²) in [7, 11) is 1.69. The molecular formula is C23H34NO6P. The molecule has 7 nitrogen and oxygen atoms in total. The van der Waals surface area contributed by atoms with Gasteiger partial charge in [0.25, 0.3) is 0 Å². The predicted octanol–water partition coefficient (Wildman–Crippen LogP) is 4.24. The fourth-order valence-electron chi connectivity index (χ4n) is 3.43. The number of ether oxygens (including phenoxy) is 3. The molecule has 0 aliphatic rings. The zero-order chi connectivity index (χ0) is 22.9. The van der Waals surface area contributed by atoms with Crippen molar-refractivity contribution in [1.29, 1.82) is 0 Å². The van der Waals surface area contributed by atoms with Crippen LogP contribution in [-0.4, -0.2) is 51.9 Å². The lowest BCUT2D eigenvalue weighted by molar-refractivity contribution is 0.183. The van der Waals surface area contributed by atoms with Gasteiger partial charge in [0.1, 0.15) is 0 Å². The van der Waals surface area contributed by atoms with E-state index >= 15 is 0 Å². The third-order valence-electron chi connectivity index (χ3n) is 4.97. The zero-order valence-corrected chi connectivity index (χ0v) is 19.9. The molecule has 0 fully saturated rings. The summed E-state index contributed by atoms with van der Waals surface area (Å²) < 4.78 is 35.1. The van der Waals surface area contributed by atoms with Gasteiger partial charge < -0.3 is 29.2 Å². The standard InChI is InChI=1S/C23H34NO6P/c1-6-30-31(26,15-18-10-8-7-9-11-18)16-20(25)14-24-17(2)19-12-21(27-3)23(29-5)22(13-19)28-4/h7-13,17,20,24-25H,6,14-16H2,1-5H3. The number of hydrogen-bond donors (Lipinski definition) is 2. The first-order valence-electron chi connectivity index (χ1n) is 10.3. The van der Waals surface area contributed by atoms with Crippen LogP contribution in [0.1, 0.15) is 31.0 Å².